The van der Waals surface area contributed by atoms with Crippen LogP contribution in [0.15, 0.2) is 23.1 Å². The molecule has 4 nitrogen and oxygen atoms in total. The quantitative estimate of drug-likeness (QED) is 0.849. The highest BCUT2D eigenvalue weighted by Gasteiger charge is 2.32. The monoisotopic (exact) mass is 315 g/mol. The second-order valence-electron chi connectivity index (χ2n) is 5.30. The van der Waals surface area contributed by atoms with Crippen LogP contribution in [0.4, 0.5) is 0 Å². The van der Waals surface area contributed by atoms with Crippen LogP contribution < -0.4 is 5.32 Å². The van der Waals surface area contributed by atoms with Crippen LogP contribution >= 0.6 is 10.7 Å². The van der Waals surface area contributed by atoms with Gasteiger partial charge in [0.2, 0.25) is 0 Å². The van der Waals surface area contributed by atoms with Gasteiger partial charge >= 0.3 is 0 Å². The van der Waals surface area contributed by atoms with Crippen LogP contribution in [0.25, 0.3) is 0 Å². The summed E-state index contributed by atoms with van der Waals surface area (Å²) < 4.78 is 23.1. The maximum Gasteiger partial charge on any atom is 0.261 e. The van der Waals surface area contributed by atoms with E-state index in [0.717, 1.165) is 6.42 Å². The molecule has 0 heterocycles. The van der Waals surface area contributed by atoms with E-state index < -0.39 is 9.05 Å². The largest absolute Gasteiger partial charge is 0.352 e. The van der Waals surface area contributed by atoms with Gasteiger partial charge in [0.15, 0.2) is 0 Å². The molecule has 0 saturated heterocycles. The summed E-state index contributed by atoms with van der Waals surface area (Å²) >= 11 is 0. The number of hydrogen-bond donors (Lipinski definition) is 1. The first-order valence-electron chi connectivity index (χ1n) is 6.68. The van der Waals surface area contributed by atoms with E-state index in [-0.39, 0.29) is 10.8 Å². The average Bonchev–Trinajstić information content (AvgIpc) is 3.10. The van der Waals surface area contributed by atoms with Gasteiger partial charge in [-0.25, -0.2) is 8.42 Å². The first kappa shape index (κ1) is 15.3. The zero-order chi connectivity index (χ0) is 14.9. The summed E-state index contributed by atoms with van der Waals surface area (Å²) in [5.41, 5.74) is 0.946. The molecular formula is C14H18ClNO3S. The van der Waals surface area contributed by atoms with Crippen molar-refractivity contribution in [2.24, 2.45) is 11.8 Å². The number of carbonyl (C=O) groups is 1. The Kier molecular flexibility index (Phi) is 4.39. The molecule has 1 aromatic rings. The smallest absolute Gasteiger partial charge is 0.261 e. The summed E-state index contributed by atoms with van der Waals surface area (Å²) in [5.74, 6) is 0.954. The normalized spacial score (nSPS) is 21.6. The van der Waals surface area contributed by atoms with Crippen LogP contribution in [0.3, 0.4) is 0 Å². The Labute approximate surface area is 123 Å². The lowest BCUT2D eigenvalue weighted by Gasteiger charge is -2.08. The fourth-order valence-corrected chi connectivity index (χ4v) is 3.45. The first-order chi connectivity index (χ1) is 9.32. The highest BCUT2D eigenvalue weighted by molar-refractivity contribution is 8.13. The predicted octanol–water partition coefficient (Wildman–Crippen LogP) is 2.56. The Hall–Kier alpha value is -1.07. The molecule has 2 rings (SSSR count). The molecular weight excluding hydrogens is 298 g/mol. The zero-order valence-electron chi connectivity index (χ0n) is 11.5. The molecule has 2 atom stereocenters. The molecule has 0 aliphatic heterocycles. The Balaban J connectivity index is 2.17. The van der Waals surface area contributed by atoms with Gasteiger partial charge in [0.25, 0.3) is 15.0 Å². The average molecular weight is 316 g/mol. The third-order valence-electron chi connectivity index (χ3n) is 3.77. The Bertz CT molecular complexity index is 627. The SMILES string of the molecule is CCc1ccc(C(=O)NCC2CC2C)cc1S(=O)(=O)Cl. The third-order valence-corrected chi connectivity index (χ3v) is 5.18. The van der Waals surface area contributed by atoms with Gasteiger partial charge in [0, 0.05) is 22.8 Å². The summed E-state index contributed by atoms with van der Waals surface area (Å²) in [4.78, 5) is 12.0. The van der Waals surface area contributed by atoms with Gasteiger partial charge in [-0.05, 0) is 42.4 Å². The molecule has 6 heteroatoms. The van der Waals surface area contributed by atoms with E-state index in [1.165, 1.54) is 6.07 Å². The number of aryl methyl sites for hydroxylation is 1. The van der Waals surface area contributed by atoms with Gasteiger partial charge < -0.3 is 5.32 Å². The minimum Gasteiger partial charge on any atom is -0.352 e. The fraction of sp³-hybridized carbons (Fsp3) is 0.500. The molecule has 0 bridgehead atoms. The standard InChI is InChI=1S/C14H18ClNO3S/c1-3-10-4-5-11(7-13(10)20(15,18)19)14(17)16-8-12-6-9(12)2/h4-5,7,9,12H,3,6,8H2,1-2H3,(H,16,17). The van der Waals surface area contributed by atoms with Crippen LogP contribution in [-0.2, 0) is 15.5 Å². The molecule has 1 saturated carbocycles. The lowest BCUT2D eigenvalue weighted by atomic mass is 10.1. The van der Waals surface area contributed by atoms with Crippen LogP contribution in [-0.4, -0.2) is 20.9 Å². The molecule has 1 aliphatic rings. The van der Waals surface area contributed by atoms with Crippen molar-refractivity contribution in [1.29, 1.82) is 0 Å². The second-order valence-corrected chi connectivity index (χ2v) is 7.83. The number of amides is 1. The van der Waals surface area contributed by atoms with Gasteiger partial charge in [-0.15, -0.1) is 0 Å². The van der Waals surface area contributed by atoms with Crippen molar-refractivity contribution >= 4 is 25.6 Å². The van der Waals surface area contributed by atoms with E-state index in [1.54, 1.807) is 12.1 Å². The highest BCUT2D eigenvalue weighted by atomic mass is 35.7. The van der Waals surface area contributed by atoms with Crippen LogP contribution in [0.2, 0.25) is 0 Å². The molecule has 1 amide bonds. The lowest BCUT2D eigenvalue weighted by molar-refractivity contribution is 0.0951. The summed E-state index contributed by atoms with van der Waals surface area (Å²) in [6.07, 6.45) is 1.68. The minimum absolute atomic E-state index is 0.0223. The maximum absolute atomic E-state index is 12.0. The molecule has 0 spiro atoms. The van der Waals surface area contributed by atoms with E-state index in [4.69, 9.17) is 10.7 Å². The van der Waals surface area contributed by atoms with E-state index in [2.05, 4.69) is 12.2 Å². The number of benzene rings is 1. The topological polar surface area (TPSA) is 63.2 Å². The number of nitrogens with one attached hydrogen (secondary N) is 1. The van der Waals surface area contributed by atoms with Crippen LogP contribution in [0.1, 0.15) is 36.2 Å². The van der Waals surface area contributed by atoms with E-state index in [1.807, 2.05) is 6.92 Å². The number of rotatable bonds is 5. The van der Waals surface area contributed by atoms with E-state index in [0.29, 0.717) is 35.9 Å². The molecule has 0 radical (unpaired) electrons. The fourth-order valence-electron chi connectivity index (χ4n) is 2.22. The Morgan fingerprint density at radius 2 is 2.10 bits per heavy atom. The molecule has 2 unspecified atom stereocenters. The predicted molar refractivity (Wildman–Crippen MR) is 78.5 cm³/mol. The number of halogens is 1. The summed E-state index contributed by atoms with van der Waals surface area (Å²) in [5, 5.41) is 2.83. The molecule has 1 N–H and O–H groups in total. The molecule has 1 aromatic carbocycles. The first-order valence-corrected chi connectivity index (χ1v) is 8.99. The molecule has 20 heavy (non-hydrogen) atoms. The number of hydrogen-bond acceptors (Lipinski definition) is 3. The molecule has 1 fully saturated rings. The van der Waals surface area contributed by atoms with Gasteiger partial charge in [-0.2, -0.15) is 0 Å². The minimum atomic E-state index is -3.84. The van der Waals surface area contributed by atoms with E-state index >= 15 is 0 Å². The molecule has 110 valence electrons. The van der Waals surface area contributed by atoms with Crippen molar-refractivity contribution in [3.05, 3.63) is 29.3 Å². The molecule has 0 aromatic heterocycles. The summed E-state index contributed by atoms with van der Waals surface area (Å²) in [7, 11) is 1.58. The van der Waals surface area contributed by atoms with Crippen LogP contribution in [0, 0.1) is 11.8 Å². The highest BCUT2D eigenvalue weighted by Crippen LogP contribution is 2.36. The second kappa shape index (κ2) is 5.74. The van der Waals surface area contributed by atoms with Crippen molar-refractivity contribution in [3.63, 3.8) is 0 Å². The van der Waals surface area contributed by atoms with Crippen molar-refractivity contribution in [1.82, 2.24) is 5.32 Å². The summed E-state index contributed by atoms with van der Waals surface area (Å²) in [6, 6.07) is 4.63. The lowest BCUT2D eigenvalue weighted by Crippen LogP contribution is -2.26. The Morgan fingerprint density at radius 3 is 2.60 bits per heavy atom. The summed E-state index contributed by atoms with van der Waals surface area (Å²) in [6.45, 7) is 4.62. The third kappa shape index (κ3) is 3.52. The van der Waals surface area contributed by atoms with Crippen LogP contribution in [0.5, 0.6) is 0 Å². The van der Waals surface area contributed by atoms with Gasteiger partial charge in [0.1, 0.15) is 0 Å². The van der Waals surface area contributed by atoms with Crippen molar-refractivity contribution in [2.45, 2.75) is 31.6 Å². The zero-order valence-corrected chi connectivity index (χ0v) is 13.1. The molecule has 1 aliphatic carbocycles. The Morgan fingerprint density at radius 1 is 1.45 bits per heavy atom. The van der Waals surface area contributed by atoms with Crippen molar-refractivity contribution < 1.29 is 13.2 Å². The van der Waals surface area contributed by atoms with E-state index in [9.17, 15) is 13.2 Å². The van der Waals surface area contributed by atoms with Crippen molar-refractivity contribution in [3.8, 4) is 0 Å². The van der Waals surface area contributed by atoms with Gasteiger partial charge in [-0.1, -0.05) is 19.9 Å². The van der Waals surface area contributed by atoms with Gasteiger partial charge in [-0.3, -0.25) is 4.79 Å². The van der Waals surface area contributed by atoms with Crippen molar-refractivity contribution in [2.75, 3.05) is 6.54 Å². The number of carbonyl (C=O) groups excluding carboxylic acids is 1. The van der Waals surface area contributed by atoms with Gasteiger partial charge in [0.05, 0.1) is 4.90 Å². The maximum atomic E-state index is 12.0.